The first-order valence-corrected chi connectivity index (χ1v) is 3.96. The van der Waals surface area contributed by atoms with Crippen molar-refractivity contribution < 1.29 is 13.9 Å². The van der Waals surface area contributed by atoms with E-state index in [4.69, 9.17) is 22.0 Å². The molecule has 3 nitrogen and oxygen atoms in total. The minimum atomic E-state index is -2.82. The third-order valence-corrected chi connectivity index (χ3v) is 1.87. The van der Waals surface area contributed by atoms with Crippen molar-refractivity contribution >= 4 is 11.6 Å². The molecule has 0 saturated heterocycles. The molecular formula is C8H5ClF2N2O. The van der Waals surface area contributed by atoms with Crippen LogP contribution >= 0.6 is 11.6 Å². The van der Waals surface area contributed by atoms with Gasteiger partial charge in [-0.2, -0.15) is 5.26 Å². The molecule has 0 aliphatic rings. The molecule has 1 rings (SSSR count). The predicted octanol–water partition coefficient (Wildman–Crippen LogP) is 2.04. The first kappa shape index (κ1) is 10.8. The lowest BCUT2D eigenvalue weighted by molar-refractivity contribution is 0.141. The van der Waals surface area contributed by atoms with Crippen molar-refractivity contribution in [2.24, 2.45) is 0 Å². The van der Waals surface area contributed by atoms with E-state index < -0.39 is 18.7 Å². The number of nitriles is 1. The monoisotopic (exact) mass is 218 g/mol. The number of aromatic nitrogens is 1. The molecule has 1 aromatic rings. The lowest BCUT2D eigenvalue weighted by Gasteiger charge is -2.06. The lowest BCUT2D eigenvalue weighted by Crippen LogP contribution is -2.00. The van der Waals surface area contributed by atoms with Gasteiger partial charge in [-0.05, 0) is 6.07 Å². The fourth-order valence-electron chi connectivity index (χ4n) is 0.939. The summed E-state index contributed by atoms with van der Waals surface area (Å²) in [5.74, 6) is 0. The van der Waals surface area contributed by atoms with Crippen molar-refractivity contribution in [1.82, 2.24) is 4.98 Å². The van der Waals surface area contributed by atoms with Gasteiger partial charge in [0, 0.05) is 5.56 Å². The van der Waals surface area contributed by atoms with Crippen LogP contribution in [0.15, 0.2) is 6.07 Å². The zero-order valence-electron chi connectivity index (χ0n) is 6.84. The molecule has 0 aromatic carbocycles. The van der Waals surface area contributed by atoms with Crippen LogP contribution < -0.4 is 0 Å². The van der Waals surface area contributed by atoms with Crippen molar-refractivity contribution in [2.45, 2.75) is 13.0 Å². The van der Waals surface area contributed by atoms with Crippen molar-refractivity contribution in [2.75, 3.05) is 0 Å². The van der Waals surface area contributed by atoms with Crippen LogP contribution in [0.25, 0.3) is 0 Å². The summed E-state index contributed by atoms with van der Waals surface area (Å²) < 4.78 is 24.6. The summed E-state index contributed by atoms with van der Waals surface area (Å²) in [5.41, 5.74) is -0.697. The normalized spacial score (nSPS) is 10.3. The summed E-state index contributed by atoms with van der Waals surface area (Å²) in [6.07, 6.45) is -2.82. The number of alkyl halides is 2. The second-order valence-electron chi connectivity index (χ2n) is 2.44. The maximum Gasteiger partial charge on any atom is 0.280 e. The van der Waals surface area contributed by atoms with E-state index in [2.05, 4.69) is 4.98 Å². The Morgan fingerprint density at radius 1 is 1.64 bits per heavy atom. The maximum atomic E-state index is 12.3. The predicted molar refractivity (Wildman–Crippen MR) is 44.8 cm³/mol. The zero-order chi connectivity index (χ0) is 10.7. The second kappa shape index (κ2) is 4.31. The van der Waals surface area contributed by atoms with Crippen LogP contribution in [-0.4, -0.2) is 10.1 Å². The number of pyridine rings is 1. The number of hydrogen-bond acceptors (Lipinski definition) is 3. The number of hydrogen-bond donors (Lipinski definition) is 1. The summed E-state index contributed by atoms with van der Waals surface area (Å²) in [7, 11) is 0. The number of halogens is 3. The van der Waals surface area contributed by atoms with Crippen molar-refractivity contribution in [3.8, 4) is 6.07 Å². The molecule has 0 atom stereocenters. The van der Waals surface area contributed by atoms with Gasteiger partial charge in [-0.3, -0.25) is 0 Å². The Kier molecular flexibility index (Phi) is 3.33. The lowest BCUT2D eigenvalue weighted by atomic mass is 10.1. The summed E-state index contributed by atoms with van der Waals surface area (Å²) in [5, 5.41) is 17.0. The molecule has 14 heavy (non-hydrogen) atoms. The van der Waals surface area contributed by atoms with E-state index in [0.717, 1.165) is 6.07 Å². The summed E-state index contributed by atoms with van der Waals surface area (Å²) in [4.78, 5) is 3.35. The van der Waals surface area contributed by atoms with Gasteiger partial charge in [-0.25, -0.2) is 13.8 Å². The van der Waals surface area contributed by atoms with Crippen LogP contribution in [0.1, 0.15) is 23.2 Å². The molecule has 1 heterocycles. The minimum Gasteiger partial charge on any atom is -0.392 e. The van der Waals surface area contributed by atoms with E-state index in [1.165, 1.54) is 0 Å². The highest BCUT2D eigenvalue weighted by Crippen LogP contribution is 2.25. The molecule has 0 spiro atoms. The molecule has 74 valence electrons. The van der Waals surface area contributed by atoms with Crippen molar-refractivity contribution in [3.05, 3.63) is 28.0 Å². The average molecular weight is 219 g/mol. The topological polar surface area (TPSA) is 56.9 Å². The molecule has 1 N–H and O–H groups in total. The van der Waals surface area contributed by atoms with E-state index in [1.54, 1.807) is 6.07 Å². The fraction of sp³-hybridized carbons (Fsp3) is 0.250. The molecule has 0 bridgehead atoms. The SMILES string of the molecule is N#Cc1cc(CO)c(C(F)F)nc1Cl. The Morgan fingerprint density at radius 3 is 2.71 bits per heavy atom. The first-order chi connectivity index (χ1) is 6.60. The molecule has 0 aliphatic heterocycles. The van der Waals surface area contributed by atoms with Crippen molar-refractivity contribution in [3.63, 3.8) is 0 Å². The van der Waals surface area contributed by atoms with E-state index in [-0.39, 0.29) is 16.3 Å². The van der Waals surface area contributed by atoms with Gasteiger partial charge in [0.05, 0.1) is 12.2 Å². The van der Waals surface area contributed by atoms with Crippen molar-refractivity contribution in [1.29, 1.82) is 5.26 Å². The molecule has 0 amide bonds. The Morgan fingerprint density at radius 2 is 2.29 bits per heavy atom. The van der Waals surface area contributed by atoms with Gasteiger partial charge in [0.2, 0.25) is 0 Å². The largest absolute Gasteiger partial charge is 0.392 e. The smallest absolute Gasteiger partial charge is 0.280 e. The molecule has 0 radical (unpaired) electrons. The van der Waals surface area contributed by atoms with Gasteiger partial charge in [0.25, 0.3) is 6.43 Å². The van der Waals surface area contributed by atoms with Crippen LogP contribution in [0.5, 0.6) is 0 Å². The highest BCUT2D eigenvalue weighted by Gasteiger charge is 2.17. The van der Waals surface area contributed by atoms with Gasteiger partial charge in [-0.1, -0.05) is 11.6 Å². The van der Waals surface area contributed by atoms with Crippen LogP contribution in [0.4, 0.5) is 8.78 Å². The van der Waals surface area contributed by atoms with Crippen LogP contribution in [0, 0.1) is 11.3 Å². The second-order valence-corrected chi connectivity index (χ2v) is 2.80. The molecule has 0 fully saturated rings. The van der Waals surface area contributed by atoms with E-state index >= 15 is 0 Å². The Hall–Kier alpha value is -1.25. The molecule has 1 aromatic heterocycles. The first-order valence-electron chi connectivity index (χ1n) is 3.58. The van der Waals surface area contributed by atoms with Crippen LogP contribution in [0.3, 0.4) is 0 Å². The van der Waals surface area contributed by atoms with E-state index in [9.17, 15) is 8.78 Å². The standard InChI is InChI=1S/C8H5ClF2N2O/c9-7-4(2-12)1-5(3-14)6(13-7)8(10)11/h1,8,14H,3H2. The highest BCUT2D eigenvalue weighted by molar-refractivity contribution is 6.30. The van der Waals surface area contributed by atoms with Crippen LogP contribution in [0.2, 0.25) is 5.15 Å². The third-order valence-electron chi connectivity index (χ3n) is 1.59. The maximum absolute atomic E-state index is 12.3. The molecule has 0 aliphatic carbocycles. The van der Waals surface area contributed by atoms with Gasteiger partial charge < -0.3 is 5.11 Å². The summed E-state index contributed by atoms with van der Waals surface area (Å²) in [6, 6.07) is 2.79. The van der Waals surface area contributed by atoms with Crippen LogP contribution in [-0.2, 0) is 6.61 Å². The third kappa shape index (κ3) is 1.97. The number of rotatable bonds is 2. The summed E-state index contributed by atoms with van der Waals surface area (Å²) >= 11 is 5.45. The fourth-order valence-corrected chi connectivity index (χ4v) is 1.13. The summed E-state index contributed by atoms with van der Waals surface area (Å²) in [6.45, 7) is -0.599. The van der Waals surface area contributed by atoms with Gasteiger partial charge in [-0.15, -0.1) is 0 Å². The number of aliphatic hydroxyl groups excluding tert-OH is 1. The van der Waals surface area contributed by atoms with E-state index in [1.807, 2.05) is 0 Å². The zero-order valence-corrected chi connectivity index (χ0v) is 7.59. The van der Waals surface area contributed by atoms with Gasteiger partial charge in [0.15, 0.2) is 0 Å². The Labute approximate surface area is 83.6 Å². The molecule has 6 heteroatoms. The van der Waals surface area contributed by atoms with Gasteiger partial charge in [0.1, 0.15) is 16.9 Å². The minimum absolute atomic E-state index is 0.0277. The van der Waals surface area contributed by atoms with E-state index in [0.29, 0.717) is 0 Å². The molecule has 0 unspecified atom stereocenters. The van der Waals surface area contributed by atoms with Gasteiger partial charge >= 0.3 is 0 Å². The number of nitrogens with zero attached hydrogens (tertiary/aromatic N) is 2. The molecule has 0 saturated carbocycles. The Balaban J connectivity index is 3.33. The Bertz CT molecular complexity index is 390. The quantitative estimate of drug-likeness (QED) is 0.773. The molecular weight excluding hydrogens is 214 g/mol. The number of aliphatic hydroxyl groups is 1. The highest BCUT2D eigenvalue weighted by atomic mass is 35.5. The average Bonchev–Trinajstić information content (AvgIpc) is 2.17.